The minimum absolute atomic E-state index is 0.103. The highest BCUT2D eigenvalue weighted by atomic mass is 32.1. The lowest BCUT2D eigenvalue weighted by atomic mass is 10.0. The van der Waals surface area contributed by atoms with E-state index in [9.17, 15) is 19.2 Å². The number of halogens is 1. The number of aromatic nitrogens is 6. The van der Waals surface area contributed by atoms with E-state index in [1.54, 1.807) is 28.6 Å². The van der Waals surface area contributed by atoms with Crippen LogP contribution >= 0.6 is 11.3 Å². The van der Waals surface area contributed by atoms with Gasteiger partial charge in [0.1, 0.15) is 35.3 Å². The number of fused-ring (bicyclic) bond motifs is 6. The number of aryl methyl sites for hydroxylation is 1. The van der Waals surface area contributed by atoms with Gasteiger partial charge in [0.15, 0.2) is 0 Å². The highest BCUT2D eigenvalue weighted by molar-refractivity contribution is 7.11. The highest BCUT2D eigenvalue weighted by Crippen LogP contribution is 2.54. The van der Waals surface area contributed by atoms with E-state index in [2.05, 4.69) is 32.5 Å². The Balaban J connectivity index is 0.961. The molecule has 0 radical (unpaired) electrons. The van der Waals surface area contributed by atoms with Crippen LogP contribution in [0.15, 0.2) is 55.0 Å². The number of nitrogens with one attached hydrogen (secondary N) is 4. The van der Waals surface area contributed by atoms with Crippen molar-refractivity contribution in [2.75, 3.05) is 20.8 Å². The van der Waals surface area contributed by atoms with Crippen molar-refractivity contribution in [2.24, 2.45) is 17.8 Å². The fourth-order valence-corrected chi connectivity index (χ4v) is 11.1. The van der Waals surface area contributed by atoms with E-state index in [1.165, 1.54) is 20.3 Å². The van der Waals surface area contributed by atoms with E-state index in [1.807, 2.05) is 73.7 Å². The quantitative estimate of drug-likeness (QED) is 0.0925. The second-order valence-electron chi connectivity index (χ2n) is 18.8. The van der Waals surface area contributed by atoms with Gasteiger partial charge in [-0.15, -0.1) is 11.3 Å². The molecule has 3 aliphatic heterocycles. The van der Waals surface area contributed by atoms with Crippen LogP contribution < -0.4 is 15.4 Å². The maximum Gasteiger partial charge on any atom is 0.407 e. The Kier molecular flexibility index (Phi) is 11.7. The van der Waals surface area contributed by atoms with Crippen molar-refractivity contribution in [3.63, 3.8) is 0 Å². The van der Waals surface area contributed by atoms with Crippen molar-refractivity contribution in [3.8, 4) is 39.5 Å². The van der Waals surface area contributed by atoms with Crippen LogP contribution in [0.5, 0.6) is 5.75 Å². The zero-order chi connectivity index (χ0) is 47.7. The van der Waals surface area contributed by atoms with Gasteiger partial charge in [-0.1, -0.05) is 40.7 Å². The third-order valence-corrected chi connectivity index (χ3v) is 15.0. The Morgan fingerprint density at radius 2 is 1.53 bits per heavy atom. The average Bonchev–Trinajstić information content (AvgIpc) is 4.09. The van der Waals surface area contributed by atoms with Crippen LogP contribution in [-0.2, 0) is 25.5 Å². The molecular weight excluding hydrogens is 892 g/mol. The Hall–Kier alpha value is -6.76. The first-order valence-corrected chi connectivity index (χ1v) is 24.1. The molecule has 19 heteroatoms. The highest BCUT2D eigenvalue weighted by Gasteiger charge is 2.56. The molecule has 2 unspecified atom stereocenters. The maximum atomic E-state index is 16.9. The van der Waals surface area contributed by atoms with Crippen LogP contribution in [0.3, 0.4) is 0 Å². The Morgan fingerprint density at radius 1 is 0.853 bits per heavy atom. The molecular formula is C49H55FN10O7S. The first kappa shape index (κ1) is 45.0. The van der Waals surface area contributed by atoms with Gasteiger partial charge >= 0.3 is 12.2 Å². The molecule has 4 N–H and O–H groups in total. The topological polar surface area (TPSA) is 202 Å². The number of carbonyl (C=O) groups excluding carboxylic acids is 4. The summed E-state index contributed by atoms with van der Waals surface area (Å²) in [5.74, 6) is 0.829. The van der Waals surface area contributed by atoms with Crippen LogP contribution in [0.2, 0.25) is 0 Å². The first-order valence-electron chi connectivity index (χ1n) is 23.3. The molecule has 4 aromatic heterocycles. The number of imidazole rings is 2. The van der Waals surface area contributed by atoms with Crippen molar-refractivity contribution in [1.82, 2.24) is 49.9 Å². The summed E-state index contributed by atoms with van der Waals surface area (Å²) in [5.41, 5.74) is 4.54. The fraction of sp³-hybridized carbons (Fsp3) is 0.449. The number of benzene rings is 2. The smallest absolute Gasteiger partial charge is 0.407 e. The molecule has 0 spiro atoms. The summed E-state index contributed by atoms with van der Waals surface area (Å²) in [4.78, 5) is 77.7. The lowest BCUT2D eigenvalue weighted by molar-refractivity contribution is -0.137. The molecule has 6 aromatic rings. The van der Waals surface area contributed by atoms with Crippen molar-refractivity contribution in [3.05, 3.63) is 82.3 Å². The van der Waals surface area contributed by atoms with Gasteiger partial charge < -0.3 is 44.6 Å². The van der Waals surface area contributed by atoms with Crippen molar-refractivity contribution >= 4 is 46.2 Å². The van der Waals surface area contributed by atoms with Gasteiger partial charge in [-0.05, 0) is 80.2 Å². The van der Waals surface area contributed by atoms with Crippen molar-refractivity contribution in [2.45, 2.75) is 103 Å². The van der Waals surface area contributed by atoms with E-state index < -0.39 is 36.3 Å². The number of thiazole rings is 1. The van der Waals surface area contributed by atoms with E-state index in [0.717, 1.165) is 57.7 Å². The molecule has 0 bridgehead atoms. The SMILES string of the molecule is CCc1ncc(C2Oc3cc(-c4cnc([C@@H]5CCCN5C(=O)[C@@H](NC(=O)OC)C(C)C)[nH]4)cc(F)c3-c3cc4cc(-c5cnc([C@@H]6CC7C[C@H]7N6C(=O)[C@@H](NC(=O)OC)C(C)C)[nH]5)ccc4n32)s1. The molecule has 356 valence electrons. The maximum absolute atomic E-state index is 16.9. The molecule has 2 aromatic carbocycles. The number of hydrogen-bond donors (Lipinski definition) is 4. The minimum Gasteiger partial charge on any atom is -0.464 e. The fourth-order valence-electron chi connectivity index (χ4n) is 10.3. The van der Waals surface area contributed by atoms with Gasteiger partial charge in [0.05, 0.1) is 76.7 Å². The molecule has 17 nitrogen and oxygen atoms in total. The largest absolute Gasteiger partial charge is 0.464 e. The Labute approximate surface area is 396 Å². The number of nitrogens with zero attached hydrogens (tertiary/aromatic N) is 6. The summed E-state index contributed by atoms with van der Waals surface area (Å²) in [7, 11) is 2.55. The van der Waals surface area contributed by atoms with E-state index in [0.29, 0.717) is 58.8 Å². The second kappa shape index (κ2) is 17.7. The first-order chi connectivity index (χ1) is 32.8. The van der Waals surface area contributed by atoms with Crippen molar-refractivity contribution in [1.29, 1.82) is 0 Å². The van der Waals surface area contributed by atoms with Crippen LogP contribution in [0.1, 0.15) is 100 Å². The molecule has 7 atom stereocenters. The van der Waals surface area contributed by atoms with E-state index >= 15 is 4.39 Å². The van der Waals surface area contributed by atoms with Crippen LogP contribution in [0.25, 0.3) is 44.7 Å². The molecule has 4 amide bonds. The summed E-state index contributed by atoms with van der Waals surface area (Å²) in [6.45, 7) is 10.1. The van der Waals surface area contributed by atoms with Gasteiger partial charge in [0, 0.05) is 35.3 Å². The summed E-state index contributed by atoms with van der Waals surface area (Å²) in [5, 5.41) is 7.24. The van der Waals surface area contributed by atoms with Crippen LogP contribution in [0, 0.1) is 23.6 Å². The van der Waals surface area contributed by atoms with Crippen LogP contribution in [-0.4, -0.2) is 102 Å². The number of aromatic amines is 2. The Morgan fingerprint density at radius 3 is 2.19 bits per heavy atom. The van der Waals surface area contributed by atoms with Gasteiger partial charge in [-0.25, -0.2) is 28.9 Å². The number of methoxy groups -OCH3 is 2. The monoisotopic (exact) mass is 946 g/mol. The molecule has 2 saturated heterocycles. The molecule has 3 fully saturated rings. The number of piperidine rings is 1. The minimum atomic E-state index is -0.773. The Bertz CT molecular complexity index is 2940. The molecule has 7 heterocycles. The molecule has 4 aliphatic rings. The third-order valence-electron chi connectivity index (χ3n) is 13.9. The number of amides is 4. The summed E-state index contributed by atoms with van der Waals surface area (Å²) in [6, 6.07) is 9.31. The normalized spacial score (nSPS) is 21.3. The second-order valence-corrected chi connectivity index (χ2v) is 20.0. The van der Waals surface area contributed by atoms with Gasteiger partial charge in [0.2, 0.25) is 18.0 Å². The predicted molar refractivity (Wildman–Crippen MR) is 251 cm³/mol. The number of ether oxygens (including phenoxy) is 3. The number of alkyl carbamates (subject to hydrolysis) is 2. The number of H-pyrrole nitrogens is 2. The number of likely N-dealkylation sites (tertiary alicyclic amines) is 2. The zero-order valence-electron chi connectivity index (χ0n) is 39.0. The van der Waals surface area contributed by atoms with Gasteiger partial charge in [-0.3, -0.25) is 14.2 Å². The predicted octanol–water partition coefficient (Wildman–Crippen LogP) is 8.27. The van der Waals surface area contributed by atoms with Gasteiger partial charge in [0.25, 0.3) is 0 Å². The van der Waals surface area contributed by atoms with Crippen LogP contribution in [0.4, 0.5) is 14.0 Å². The number of rotatable bonds is 12. The lowest BCUT2D eigenvalue weighted by Crippen LogP contribution is -2.52. The summed E-state index contributed by atoms with van der Waals surface area (Å²) in [6.07, 6.45) is 7.19. The lowest BCUT2D eigenvalue weighted by Gasteiger charge is -2.31. The molecule has 68 heavy (non-hydrogen) atoms. The van der Waals surface area contributed by atoms with E-state index in [4.69, 9.17) is 24.2 Å². The standard InChI is InChI=1S/C49H55FN10O7S/c1-8-39-51-22-38(68-39)47-60-32-12-11-25(30-20-53-44(54-30)36-18-28-16-34(28)59(36)46(62)42(24(4)5)57-49(64)66-7)14-27(32)17-35(60)40-29(50)15-26(19-37(40)67-47)31-21-52-43(55-31)33-10-9-13-58(33)45(61)41(23(2)3)56-48(63)65-6/h11-12,14-15,17,19-24,28,33-34,36,41-42,47H,8-10,13,16,18H2,1-7H3,(H,52,55)(H,53,54)(H,56,63)(H,57,64)/t28?,33-,34+,36-,41-,42-,47?/m0/s1. The summed E-state index contributed by atoms with van der Waals surface area (Å²) >= 11 is 1.55. The summed E-state index contributed by atoms with van der Waals surface area (Å²) < 4.78 is 35.3. The number of hydrogen-bond acceptors (Lipinski definition) is 11. The molecule has 1 aliphatic carbocycles. The van der Waals surface area contributed by atoms with Gasteiger partial charge in [-0.2, -0.15) is 0 Å². The van der Waals surface area contributed by atoms with E-state index in [-0.39, 0.29) is 41.8 Å². The molecule has 10 rings (SSSR count). The average molecular weight is 947 g/mol. The van der Waals surface area contributed by atoms with Crippen molar-refractivity contribution < 1.29 is 37.8 Å². The third kappa shape index (κ3) is 7.92. The number of carbonyl (C=O) groups is 4. The zero-order valence-corrected chi connectivity index (χ0v) is 39.8. The molecule has 1 saturated carbocycles.